The van der Waals surface area contributed by atoms with Crippen LogP contribution >= 0.6 is 0 Å². The van der Waals surface area contributed by atoms with Crippen LogP contribution in [0, 0.1) is 0 Å². The third kappa shape index (κ3) is 6.74. The molecule has 0 atom stereocenters. The van der Waals surface area contributed by atoms with E-state index in [1.165, 1.54) is 0 Å². The van der Waals surface area contributed by atoms with E-state index >= 15 is 0 Å². The Morgan fingerprint density at radius 1 is 0.889 bits per heavy atom. The second kappa shape index (κ2) is 10.4. The predicted octanol–water partition coefficient (Wildman–Crippen LogP) is 4.01. The molecular formula is C15H25BN2. The van der Waals surface area contributed by atoms with Gasteiger partial charge in [-0.05, 0) is 0 Å². The number of nitrogens with one attached hydrogen (secondary N) is 2. The average Bonchev–Trinajstić information content (AvgIpc) is 2.89. The minimum Gasteiger partial charge on any atom is -0.250 e. The maximum atomic E-state index is 3.80. The summed E-state index contributed by atoms with van der Waals surface area (Å²) in [6.45, 7) is 15.2. The summed E-state index contributed by atoms with van der Waals surface area (Å²) in [6, 6.07) is 0. The van der Waals surface area contributed by atoms with Crippen molar-refractivity contribution in [1.82, 2.24) is 4.98 Å². The molecule has 0 fully saturated rings. The van der Waals surface area contributed by atoms with Crippen molar-refractivity contribution in [2.75, 3.05) is 0 Å². The topological polar surface area (TPSA) is 29.9 Å². The molecule has 0 aliphatic rings. The van der Waals surface area contributed by atoms with Crippen molar-refractivity contribution in [3.8, 4) is 0 Å². The quantitative estimate of drug-likeness (QED) is 0.529. The van der Waals surface area contributed by atoms with E-state index in [0.717, 1.165) is 25.3 Å². The molecule has 1 rings (SSSR count). The molecule has 1 aromatic rings. The molecule has 0 saturated carbocycles. The molecule has 0 spiro atoms. The van der Waals surface area contributed by atoms with Crippen molar-refractivity contribution in [1.29, 1.82) is 0 Å². The van der Waals surface area contributed by atoms with Crippen LogP contribution in [0.3, 0.4) is 0 Å². The monoisotopic (exact) mass is 244 g/mol. The molecule has 2 N–H and O–H groups in total. The van der Waals surface area contributed by atoms with Crippen LogP contribution in [0.2, 0.25) is 25.3 Å². The number of hydrogen-bond donors (Lipinski definition) is 1. The Kier molecular flexibility index (Phi) is 9.37. The van der Waals surface area contributed by atoms with Crippen molar-refractivity contribution in [2.24, 2.45) is 0 Å². The zero-order valence-corrected chi connectivity index (χ0v) is 11.3. The van der Waals surface area contributed by atoms with E-state index in [1.54, 1.807) is 6.33 Å². The van der Waals surface area contributed by atoms with Crippen molar-refractivity contribution in [2.45, 2.75) is 25.3 Å². The predicted molar refractivity (Wildman–Crippen MR) is 83.1 cm³/mol. The Labute approximate surface area is 111 Å². The summed E-state index contributed by atoms with van der Waals surface area (Å²) in [5, 5.41) is 0. The summed E-state index contributed by atoms with van der Waals surface area (Å²) in [7, 11) is 0. The molecule has 0 aliphatic heterocycles. The smallest absolute Gasteiger partial charge is 0.239 e. The third-order valence-electron chi connectivity index (χ3n) is 3.11. The molecule has 1 heterocycles. The molecular weight excluding hydrogens is 219 g/mol. The number of aromatic nitrogens is 2. The second-order valence-corrected chi connectivity index (χ2v) is 4.64. The zero-order valence-electron chi connectivity index (χ0n) is 11.3. The fourth-order valence-corrected chi connectivity index (χ4v) is 2.23. The summed E-state index contributed by atoms with van der Waals surface area (Å²) >= 11 is 0. The van der Waals surface area contributed by atoms with Gasteiger partial charge in [0.2, 0.25) is 6.33 Å². The lowest BCUT2D eigenvalue weighted by Crippen LogP contribution is -2.30. The fraction of sp³-hybridized carbons (Fsp3) is 0.267. The van der Waals surface area contributed by atoms with Crippen LogP contribution in [-0.4, -0.2) is 11.1 Å². The van der Waals surface area contributed by atoms with Gasteiger partial charge in [-0.15, -0.1) is 50.6 Å². The molecule has 0 unspecified atom stereocenters. The van der Waals surface area contributed by atoms with Crippen LogP contribution in [0.15, 0.2) is 69.3 Å². The highest BCUT2D eigenvalue weighted by Gasteiger charge is 2.18. The van der Waals surface area contributed by atoms with E-state index in [2.05, 4.69) is 36.3 Å². The van der Waals surface area contributed by atoms with Gasteiger partial charge in [0, 0.05) is 6.15 Å². The Bertz CT molecular complexity index is 279. The minimum atomic E-state index is -0.444. The standard InChI is InChI=1S/C12H20B.C3H4N2/c1-5-9-13(10-6-2,11-7-3)12-8-4;1-2-5-3-4-1/h5-8H,1-4,9-12H2;1-3H,(H,4,5)/q-1;/p+1. The summed E-state index contributed by atoms with van der Waals surface area (Å²) < 4.78 is 0. The first-order valence-electron chi connectivity index (χ1n) is 6.39. The van der Waals surface area contributed by atoms with Crippen LogP contribution in [0.4, 0.5) is 0 Å². The van der Waals surface area contributed by atoms with E-state index in [-0.39, 0.29) is 0 Å². The Morgan fingerprint density at radius 2 is 1.33 bits per heavy atom. The van der Waals surface area contributed by atoms with Gasteiger partial charge < -0.3 is 0 Å². The van der Waals surface area contributed by atoms with Crippen molar-refractivity contribution >= 4 is 6.15 Å². The van der Waals surface area contributed by atoms with Crippen molar-refractivity contribution in [3.05, 3.63) is 69.3 Å². The van der Waals surface area contributed by atoms with Gasteiger partial charge in [-0.3, -0.25) is 9.97 Å². The first-order valence-corrected chi connectivity index (χ1v) is 6.39. The Hall–Kier alpha value is -1.77. The summed E-state index contributed by atoms with van der Waals surface area (Å²) in [5.41, 5.74) is 0. The van der Waals surface area contributed by atoms with Gasteiger partial charge in [-0.2, -0.15) is 25.3 Å². The van der Waals surface area contributed by atoms with Gasteiger partial charge in [0.05, 0.1) is 0 Å². The summed E-state index contributed by atoms with van der Waals surface area (Å²) in [6.07, 6.45) is 17.2. The Balaban J connectivity index is 0.000000473. The van der Waals surface area contributed by atoms with Gasteiger partial charge in [0.25, 0.3) is 0 Å². The second-order valence-electron chi connectivity index (χ2n) is 4.64. The van der Waals surface area contributed by atoms with Gasteiger partial charge >= 0.3 is 0 Å². The number of aromatic amines is 2. The Morgan fingerprint density at radius 3 is 1.50 bits per heavy atom. The van der Waals surface area contributed by atoms with Crippen LogP contribution in [0.25, 0.3) is 0 Å². The highest BCUT2D eigenvalue weighted by atomic mass is 14.8. The number of H-pyrrole nitrogens is 2. The van der Waals surface area contributed by atoms with Gasteiger partial charge in [0.15, 0.2) is 0 Å². The molecule has 0 saturated heterocycles. The van der Waals surface area contributed by atoms with E-state index in [4.69, 9.17) is 0 Å². The minimum absolute atomic E-state index is 0.444. The van der Waals surface area contributed by atoms with Crippen molar-refractivity contribution in [3.63, 3.8) is 0 Å². The number of rotatable bonds is 8. The normalized spacial score (nSPS) is 9.78. The van der Waals surface area contributed by atoms with E-state index < -0.39 is 6.15 Å². The first kappa shape index (κ1) is 16.2. The fourth-order valence-electron chi connectivity index (χ4n) is 2.23. The van der Waals surface area contributed by atoms with Crippen molar-refractivity contribution < 1.29 is 4.98 Å². The molecule has 1 aromatic heterocycles. The highest BCUT2D eigenvalue weighted by Crippen LogP contribution is 2.27. The lowest BCUT2D eigenvalue weighted by molar-refractivity contribution is -0.375. The third-order valence-corrected chi connectivity index (χ3v) is 3.11. The maximum absolute atomic E-state index is 3.80. The molecule has 0 bridgehead atoms. The molecule has 0 amide bonds. The number of imidazole rings is 1. The van der Waals surface area contributed by atoms with Crippen LogP contribution in [-0.2, 0) is 0 Å². The van der Waals surface area contributed by atoms with Gasteiger partial charge in [-0.1, -0.05) is 0 Å². The molecule has 3 heteroatoms. The van der Waals surface area contributed by atoms with E-state index in [0.29, 0.717) is 0 Å². The number of allylic oxidation sites excluding steroid dienone is 4. The summed E-state index contributed by atoms with van der Waals surface area (Å²) in [5.74, 6) is 0. The molecule has 0 aromatic carbocycles. The van der Waals surface area contributed by atoms with Crippen LogP contribution in [0.1, 0.15) is 0 Å². The molecule has 98 valence electrons. The lowest BCUT2D eigenvalue weighted by Gasteiger charge is -2.35. The number of hydrogen-bond acceptors (Lipinski definition) is 0. The first-order chi connectivity index (χ1) is 8.74. The van der Waals surface area contributed by atoms with Gasteiger partial charge in [0.1, 0.15) is 12.4 Å². The SMILES string of the molecule is C=CC[B-](CC=C)(CC=C)CC=C.c1c[nH+]c[nH]1. The molecule has 0 radical (unpaired) electrons. The van der Waals surface area contributed by atoms with Crippen LogP contribution in [0.5, 0.6) is 0 Å². The maximum Gasteiger partial charge on any atom is 0.239 e. The van der Waals surface area contributed by atoms with Gasteiger partial charge in [-0.25, -0.2) is 0 Å². The summed E-state index contributed by atoms with van der Waals surface area (Å²) in [4.78, 5) is 5.61. The van der Waals surface area contributed by atoms with Crippen LogP contribution < -0.4 is 4.98 Å². The molecule has 18 heavy (non-hydrogen) atoms. The van der Waals surface area contributed by atoms with E-state index in [9.17, 15) is 0 Å². The average molecular weight is 244 g/mol. The molecule has 2 nitrogen and oxygen atoms in total. The van der Waals surface area contributed by atoms with E-state index in [1.807, 2.05) is 36.7 Å². The highest BCUT2D eigenvalue weighted by molar-refractivity contribution is 6.81. The lowest BCUT2D eigenvalue weighted by atomic mass is 9.18. The largest absolute Gasteiger partial charge is 0.250 e. The molecule has 0 aliphatic carbocycles. The zero-order chi connectivity index (χ0) is 13.7.